The van der Waals surface area contributed by atoms with Gasteiger partial charge < -0.3 is 9.84 Å². The highest BCUT2D eigenvalue weighted by Crippen LogP contribution is 2.24. The first-order chi connectivity index (χ1) is 9.42. The number of carbonyl (C=O) groups is 2. The molecular weight excluding hydrogens is 258 g/mol. The Kier molecular flexibility index (Phi) is 5.70. The molecule has 5 heteroatoms. The van der Waals surface area contributed by atoms with Crippen LogP contribution < -0.4 is 0 Å². The summed E-state index contributed by atoms with van der Waals surface area (Å²) in [5.41, 5.74) is 0.131. The Morgan fingerprint density at radius 1 is 1.25 bits per heavy atom. The van der Waals surface area contributed by atoms with Crippen LogP contribution in [0.15, 0.2) is 18.2 Å². The van der Waals surface area contributed by atoms with Crippen LogP contribution in [0.5, 0.6) is 5.75 Å². The molecule has 0 aliphatic rings. The number of benzene rings is 1. The van der Waals surface area contributed by atoms with Gasteiger partial charge in [0.1, 0.15) is 11.3 Å². The number of carbonyl (C=O) groups excluding carboxylic acids is 2. The highest BCUT2D eigenvalue weighted by atomic mass is 16.6. The molecule has 0 saturated heterocycles. The van der Waals surface area contributed by atoms with Crippen molar-refractivity contribution in [3.8, 4) is 5.75 Å². The van der Waals surface area contributed by atoms with E-state index in [0.717, 1.165) is 13.1 Å². The minimum atomic E-state index is -0.634. The van der Waals surface area contributed by atoms with Crippen molar-refractivity contribution in [2.24, 2.45) is 0 Å². The molecule has 0 aliphatic heterocycles. The second-order valence-corrected chi connectivity index (χ2v) is 4.48. The smallest absolute Gasteiger partial charge is 0.343 e. The Morgan fingerprint density at radius 2 is 1.80 bits per heavy atom. The van der Waals surface area contributed by atoms with Gasteiger partial charge in [0.2, 0.25) is 0 Å². The molecule has 1 rings (SSSR count). The second kappa shape index (κ2) is 7.05. The molecule has 0 aliphatic carbocycles. The molecule has 0 aromatic heterocycles. The van der Waals surface area contributed by atoms with Crippen molar-refractivity contribution in [3.63, 3.8) is 0 Å². The van der Waals surface area contributed by atoms with Crippen LogP contribution in [-0.2, 0) is 4.74 Å². The topological polar surface area (TPSA) is 66.8 Å². The fraction of sp³-hybridized carbons (Fsp3) is 0.467. The van der Waals surface area contributed by atoms with E-state index >= 15 is 0 Å². The fourth-order valence-electron chi connectivity index (χ4n) is 2.02. The van der Waals surface area contributed by atoms with E-state index < -0.39 is 12.2 Å². The molecule has 0 heterocycles. The third kappa shape index (κ3) is 3.57. The Labute approximate surface area is 119 Å². The van der Waals surface area contributed by atoms with Crippen LogP contribution in [0.2, 0.25) is 0 Å². The van der Waals surface area contributed by atoms with Gasteiger partial charge in [0.25, 0.3) is 0 Å². The van der Waals surface area contributed by atoms with E-state index in [0.29, 0.717) is 0 Å². The molecule has 5 nitrogen and oxygen atoms in total. The number of rotatable bonds is 6. The molecule has 20 heavy (non-hydrogen) atoms. The molecule has 1 aromatic carbocycles. The summed E-state index contributed by atoms with van der Waals surface area (Å²) in [6.07, 6.45) is -0.391. The average molecular weight is 279 g/mol. The monoisotopic (exact) mass is 279 g/mol. The van der Waals surface area contributed by atoms with Crippen LogP contribution >= 0.6 is 0 Å². The molecule has 110 valence electrons. The molecular formula is C15H21NO4. The minimum Gasteiger partial charge on any atom is -0.506 e. The lowest BCUT2D eigenvalue weighted by Gasteiger charge is -2.26. The van der Waals surface area contributed by atoms with Crippen molar-refractivity contribution in [2.75, 3.05) is 13.1 Å². The summed E-state index contributed by atoms with van der Waals surface area (Å²) in [6, 6.07) is 4.47. The summed E-state index contributed by atoms with van der Waals surface area (Å²) in [6.45, 7) is 8.57. The normalized spacial score (nSPS) is 12.2. The summed E-state index contributed by atoms with van der Waals surface area (Å²) in [4.78, 5) is 25.4. The third-order valence-corrected chi connectivity index (χ3v) is 3.24. The highest BCUT2D eigenvalue weighted by molar-refractivity contribution is 6.02. The second-order valence-electron chi connectivity index (χ2n) is 4.48. The van der Waals surface area contributed by atoms with Crippen molar-refractivity contribution in [1.29, 1.82) is 0 Å². The van der Waals surface area contributed by atoms with Gasteiger partial charge in [0, 0.05) is 0 Å². The summed E-state index contributed by atoms with van der Waals surface area (Å²) >= 11 is 0. The van der Waals surface area contributed by atoms with E-state index in [1.807, 2.05) is 18.7 Å². The van der Waals surface area contributed by atoms with Gasteiger partial charge in [0.15, 0.2) is 12.0 Å². The first-order valence-electron chi connectivity index (χ1n) is 6.70. The number of hydrogen-bond acceptors (Lipinski definition) is 5. The molecule has 1 aromatic rings. The maximum Gasteiger partial charge on any atom is 0.343 e. The quantitative estimate of drug-likeness (QED) is 0.492. The van der Waals surface area contributed by atoms with Crippen LogP contribution in [0.3, 0.4) is 0 Å². The van der Waals surface area contributed by atoms with Gasteiger partial charge in [-0.15, -0.1) is 0 Å². The molecule has 1 N–H and O–H groups in total. The predicted octanol–water partition coefficient (Wildman–Crippen LogP) is 2.44. The summed E-state index contributed by atoms with van der Waals surface area (Å²) in [5, 5.41) is 9.96. The number of ketones is 1. The zero-order chi connectivity index (χ0) is 15.3. The van der Waals surface area contributed by atoms with Crippen LogP contribution in [0.4, 0.5) is 0 Å². The standard InChI is InChI=1S/C15H21NO4/c1-5-16(6-2)11(4)20-15(19)13-9-7-8-12(10(3)17)14(13)18/h7-9,11,18H,5-6H2,1-4H3. The number of Topliss-reactive ketones (excluding diaryl/α,β-unsaturated/α-hetero) is 1. The molecule has 0 radical (unpaired) electrons. The van der Waals surface area contributed by atoms with Gasteiger partial charge in [-0.05, 0) is 39.1 Å². The lowest BCUT2D eigenvalue weighted by atomic mass is 10.1. The van der Waals surface area contributed by atoms with Crippen LogP contribution in [-0.4, -0.2) is 41.1 Å². The zero-order valence-electron chi connectivity index (χ0n) is 12.3. The van der Waals surface area contributed by atoms with Crippen LogP contribution in [0.1, 0.15) is 48.4 Å². The van der Waals surface area contributed by atoms with Gasteiger partial charge in [-0.25, -0.2) is 4.79 Å². The Bertz CT molecular complexity index is 495. The largest absolute Gasteiger partial charge is 0.506 e. The fourth-order valence-corrected chi connectivity index (χ4v) is 2.02. The Hall–Kier alpha value is -1.88. The lowest BCUT2D eigenvalue weighted by molar-refractivity contribution is -0.0199. The third-order valence-electron chi connectivity index (χ3n) is 3.24. The summed E-state index contributed by atoms with van der Waals surface area (Å²) < 4.78 is 5.31. The van der Waals surface area contributed by atoms with E-state index in [4.69, 9.17) is 4.74 Å². The first-order valence-corrected chi connectivity index (χ1v) is 6.70. The van der Waals surface area contributed by atoms with E-state index in [2.05, 4.69) is 0 Å². The van der Waals surface area contributed by atoms with Gasteiger partial charge in [-0.2, -0.15) is 0 Å². The molecule has 0 saturated carbocycles. The van der Waals surface area contributed by atoms with Crippen molar-refractivity contribution < 1.29 is 19.4 Å². The van der Waals surface area contributed by atoms with Crippen molar-refractivity contribution >= 4 is 11.8 Å². The highest BCUT2D eigenvalue weighted by Gasteiger charge is 2.21. The van der Waals surface area contributed by atoms with E-state index in [1.165, 1.54) is 19.1 Å². The van der Waals surface area contributed by atoms with Crippen LogP contribution in [0.25, 0.3) is 0 Å². The van der Waals surface area contributed by atoms with Gasteiger partial charge in [-0.3, -0.25) is 9.69 Å². The molecule has 1 unspecified atom stereocenters. The Morgan fingerprint density at radius 3 is 2.30 bits per heavy atom. The number of aromatic hydroxyl groups is 1. The molecule has 0 spiro atoms. The average Bonchev–Trinajstić information content (AvgIpc) is 2.39. The maximum atomic E-state index is 12.1. The number of ether oxygens (including phenoxy) is 1. The van der Waals surface area contributed by atoms with Crippen molar-refractivity contribution in [3.05, 3.63) is 29.3 Å². The molecule has 1 atom stereocenters. The summed E-state index contributed by atoms with van der Waals surface area (Å²) in [7, 11) is 0. The Balaban J connectivity index is 2.93. The van der Waals surface area contributed by atoms with Gasteiger partial charge >= 0.3 is 5.97 Å². The molecule has 0 bridgehead atoms. The van der Waals surface area contributed by atoms with Gasteiger partial charge in [0.05, 0.1) is 5.56 Å². The van der Waals surface area contributed by atoms with Gasteiger partial charge in [-0.1, -0.05) is 19.9 Å². The first kappa shape index (κ1) is 16.2. The van der Waals surface area contributed by atoms with Crippen LogP contribution in [0, 0.1) is 0 Å². The zero-order valence-corrected chi connectivity index (χ0v) is 12.3. The number of hydrogen-bond donors (Lipinski definition) is 1. The number of esters is 1. The van der Waals surface area contributed by atoms with E-state index in [-0.39, 0.29) is 22.7 Å². The number of phenolic OH excluding ortho intramolecular Hbond substituents is 1. The van der Waals surface area contributed by atoms with E-state index in [9.17, 15) is 14.7 Å². The SMILES string of the molecule is CCN(CC)C(C)OC(=O)c1cccc(C(C)=O)c1O. The molecule has 0 fully saturated rings. The molecule has 0 amide bonds. The number of phenols is 1. The van der Waals surface area contributed by atoms with Crippen molar-refractivity contribution in [2.45, 2.75) is 33.9 Å². The van der Waals surface area contributed by atoms with Crippen molar-refractivity contribution in [1.82, 2.24) is 4.90 Å². The predicted molar refractivity (Wildman–Crippen MR) is 75.9 cm³/mol. The number of nitrogens with zero attached hydrogens (tertiary/aromatic N) is 1. The maximum absolute atomic E-state index is 12.1. The number of para-hydroxylation sites is 1. The van der Waals surface area contributed by atoms with E-state index in [1.54, 1.807) is 13.0 Å². The summed E-state index contributed by atoms with van der Waals surface area (Å²) in [5.74, 6) is -1.25. The lowest BCUT2D eigenvalue weighted by Crippen LogP contribution is -2.36. The minimum absolute atomic E-state index is 0.0108.